The van der Waals surface area contributed by atoms with E-state index in [9.17, 15) is 4.79 Å². The number of rotatable bonds is 4. The van der Waals surface area contributed by atoms with E-state index in [1.165, 1.54) is 37.7 Å². The van der Waals surface area contributed by atoms with Gasteiger partial charge in [0.25, 0.3) is 0 Å². The van der Waals surface area contributed by atoms with Crippen molar-refractivity contribution in [2.45, 2.75) is 43.9 Å². The number of hydrogen-bond acceptors (Lipinski definition) is 2. The van der Waals surface area contributed by atoms with Gasteiger partial charge in [-0.25, -0.2) is 4.98 Å². The van der Waals surface area contributed by atoms with Crippen LogP contribution in [-0.2, 0) is 5.41 Å². The number of nitrogens with one attached hydrogen (secondary N) is 1. The number of carbonyl (C=O) groups excluding carboxylic acids is 1. The SMILES string of the molecule is O=C(C=CC12CC3CC(C1)CC(c1ccc(Cl)cc1)(C3)C2)c1cnc[nH]1. The number of nitrogens with zero attached hydrogens (tertiary/aromatic N) is 1. The number of allylic oxidation sites excluding steroid dienone is 2. The first kappa shape index (κ1) is 16.3. The zero-order chi connectivity index (χ0) is 17.8. The maximum atomic E-state index is 12.4. The monoisotopic (exact) mass is 366 g/mol. The van der Waals surface area contributed by atoms with E-state index in [1.54, 1.807) is 18.6 Å². The Morgan fingerprint density at radius 3 is 2.54 bits per heavy atom. The van der Waals surface area contributed by atoms with Gasteiger partial charge < -0.3 is 4.98 Å². The molecular weight excluding hydrogens is 344 g/mol. The minimum absolute atomic E-state index is 0.0267. The fourth-order valence-corrected chi connectivity index (χ4v) is 6.53. The molecule has 1 N–H and O–H groups in total. The van der Waals surface area contributed by atoms with Gasteiger partial charge in [0, 0.05) is 5.02 Å². The molecule has 4 fully saturated rings. The van der Waals surface area contributed by atoms with Gasteiger partial charge in [-0.3, -0.25) is 4.79 Å². The van der Waals surface area contributed by atoms with Crippen molar-refractivity contribution in [3.05, 3.63) is 65.2 Å². The summed E-state index contributed by atoms with van der Waals surface area (Å²) in [6.07, 6.45) is 14.7. The van der Waals surface area contributed by atoms with Gasteiger partial charge in [-0.2, -0.15) is 0 Å². The summed E-state index contributed by atoms with van der Waals surface area (Å²) in [7, 11) is 0. The van der Waals surface area contributed by atoms with E-state index < -0.39 is 0 Å². The van der Waals surface area contributed by atoms with Crippen molar-refractivity contribution >= 4 is 17.4 Å². The van der Waals surface area contributed by atoms with Crippen molar-refractivity contribution in [1.29, 1.82) is 0 Å². The first-order valence-electron chi connectivity index (χ1n) is 9.54. The summed E-state index contributed by atoms with van der Waals surface area (Å²) < 4.78 is 0. The van der Waals surface area contributed by atoms with Gasteiger partial charge in [0.05, 0.1) is 12.5 Å². The number of aromatic amines is 1. The fraction of sp³-hybridized carbons (Fsp3) is 0.455. The molecule has 4 bridgehead atoms. The second-order valence-corrected chi connectivity index (χ2v) is 9.21. The van der Waals surface area contributed by atoms with E-state index in [-0.39, 0.29) is 16.6 Å². The van der Waals surface area contributed by atoms with Crippen LogP contribution in [0.5, 0.6) is 0 Å². The molecule has 0 aliphatic heterocycles. The van der Waals surface area contributed by atoms with Gasteiger partial charge in [0.15, 0.2) is 0 Å². The molecule has 4 aliphatic rings. The molecule has 0 radical (unpaired) electrons. The molecule has 3 nitrogen and oxygen atoms in total. The number of imidazole rings is 1. The Bertz CT molecular complexity index is 839. The van der Waals surface area contributed by atoms with E-state index in [2.05, 4.69) is 28.2 Å². The highest BCUT2D eigenvalue weighted by Gasteiger charge is 2.57. The third kappa shape index (κ3) is 2.64. The van der Waals surface area contributed by atoms with Crippen LogP contribution in [-0.4, -0.2) is 15.8 Å². The van der Waals surface area contributed by atoms with Crippen molar-refractivity contribution in [3.8, 4) is 0 Å². The molecule has 1 heterocycles. The van der Waals surface area contributed by atoms with Crippen LogP contribution in [0.25, 0.3) is 0 Å². The lowest BCUT2D eigenvalue weighted by atomic mass is 9.43. The number of halogens is 1. The zero-order valence-corrected chi connectivity index (χ0v) is 15.5. The van der Waals surface area contributed by atoms with Crippen LogP contribution >= 0.6 is 11.6 Å². The molecule has 2 unspecified atom stereocenters. The van der Waals surface area contributed by atoms with Crippen LogP contribution < -0.4 is 0 Å². The van der Waals surface area contributed by atoms with Crippen molar-refractivity contribution in [3.63, 3.8) is 0 Å². The van der Waals surface area contributed by atoms with E-state index in [4.69, 9.17) is 11.6 Å². The minimum Gasteiger partial charge on any atom is -0.342 e. The summed E-state index contributed by atoms with van der Waals surface area (Å²) >= 11 is 6.12. The molecule has 134 valence electrons. The van der Waals surface area contributed by atoms with Gasteiger partial charge in [0.2, 0.25) is 5.78 Å². The zero-order valence-electron chi connectivity index (χ0n) is 14.7. The molecule has 1 aromatic heterocycles. The van der Waals surface area contributed by atoms with Crippen LogP contribution in [0.1, 0.15) is 54.6 Å². The number of carbonyl (C=O) groups is 1. The third-order valence-electron chi connectivity index (χ3n) is 6.91. The lowest BCUT2D eigenvalue weighted by molar-refractivity contribution is -0.0455. The highest BCUT2D eigenvalue weighted by molar-refractivity contribution is 6.30. The molecule has 0 saturated heterocycles. The van der Waals surface area contributed by atoms with Gasteiger partial charge in [0.1, 0.15) is 5.69 Å². The predicted molar refractivity (Wildman–Crippen MR) is 102 cm³/mol. The highest BCUT2D eigenvalue weighted by Crippen LogP contribution is 2.66. The van der Waals surface area contributed by atoms with E-state index >= 15 is 0 Å². The summed E-state index contributed by atoms with van der Waals surface area (Å²) in [4.78, 5) is 19.3. The van der Waals surface area contributed by atoms with Crippen molar-refractivity contribution in [2.75, 3.05) is 0 Å². The van der Waals surface area contributed by atoms with Gasteiger partial charge in [-0.05, 0) is 85.0 Å². The third-order valence-corrected chi connectivity index (χ3v) is 7.17. The standard InChI is InChI=1S/C22H23ClN2O/c23-18-3-1-17(2-4-18)22-10-15-7-16(11-22)9-21(8-15,13-22)6-5-20(26)19-12-24-14-25-19/h1-6,12,14-16H,7-11,13H2,(H,24,25). The molecule has 0 spiro atoms. The Morgan fingerprint density at radius 2 is 1.88 bits per heavy atom. The van der Waals surface area contributed by atoms with Crippen molar-refractivity contribution in [2.24, 2.45) is 17.3 Å². The van der Waals surface area contributed by atoms with Crippen LogP contribution in [0.15, 0.2) is 48.9 Å². The lowest BCUT2D eigenvalue weighted by Crippen LogP contribution is -2.53. The molecule has 4 heteroatoms. The molecular formula is C22H23ClN2O. The Morgan fingerprint density at radius 1 is 1.15 bits per heavy atom. The number of benzene rings is 1. The summed E-state index contributed by atoms with van der Waals surface area (Å²) in [5.74, 6) is 1.58. The molecule has 4 aliphatic carbocycles. The topological polar surface area (TPSA) is 45.8 Å². The summed E-state index contributed by atoms with van der Waals surface area (Å²) in [6, 6.07) is 8.50. The van der Waals surface area contributed by atoms with Crippen LogP contribution in [0.2, 0.25) is 5.02 Å². The predicted octanol–water partition coefficient (Wildman–Crippen LogP) is 5.34. The smallest absolute Gasteiger partial charge is 0.203 e. The van der Waals surface area contributed by atoms with Crippen molar-refractivity contribution < 1.29 is 4.79 Å². The molecule has 2 aromatic rings. The first-order valence-corrected chi connectivity index (χ1v) is 9.92. The van der Waals surface area contributed by atoms with Gasteiger partial charge in [-0.15, -0.1) is 0 Å². The second kappa shape index (κ2) is 5.82. The molecule has 6 rings (SSSR count). The fourth-order valence-electron chi connectivity index (χ4n) is 6.40. The maximum Gasteiger partial charge on any atom is 0.203 e. The molecule has 0 amide bonds. The highest BCUT2D eigenvalue weighted by atomic mass is 35.5. The first-order chi connectivity index (χ1) is 12.6. The van der Waals surface area contributed by atoms with Crippen molar-refractivity contribution in [1.82, 2.24) is 9.97 Å². The summed E-state index contributed by atoms with van der Waals surface area (Å²) in [6.45, 7) is 0. The summed E-state index contributed by atoms with van der Waals surface area (Å²) in [5, 5.41) is 0.804. The maximum absolute atomic E-state index is 12.4. The Kier molecular flexibility index (Phi) is 3.65. The quantitative estimate of drug-likeness (QED) is 0.586. The minimum atomic E-state index is 0.0267. The van der Waals surface area contributed by atoms with E-state index in [0.29, 0.717) is 5.69 Å². The van der Waals surface area contributed by atoms with Gasteiger partial charge >= 0.3 is 0 Å². The van der Waals surface area contributed by atoms with Crippen LogP contribution in [0.4, 0.5) is 0 Å². The Balaban J connectivity index is 1.47. The van der Waals surface area contributed by atoms with Crippen LogP contribution in [0, 0.1) is 17.3 Å². The number of ketones is 1. The average Bonchev–Trinajstić information content (AvgIpc) is 3.14. The number of H-pyrrole nitrogens is 1. The lowest BCUT2D eigenvalue weighted by Gasteiger charge is -2.62. The van der Waals surface area contributed by atoms with E-state index in [0.717, 1.165) is 23.3 Å². The van der Waals surface area contributed by atoms with Crippen LogP contribution in [0.3, 0.4) is 0 Å². The largest absolute Gasteiger partial charge is 0.342 e. The summed E-state index contributed by atoms with van der Waals surface area (Å²) in [5.41, 5.74) is 2.43. The Hall–Kier alpha value is -1.87. The van der Waals surface area contributed by atoms with E-state index in [1.807, 2.05) is 12.1 Å². The normalized spacial score (nSPS) is 35.3. The second-order valence-electron chi connectivity index (χ2n) is 8.77. The molecule has 2 atom stereocenters. The number of aromatic nitrogens is 2. The molecule has 1 aromatic carbocycles. The average molecular weight is 367 g/mol. The molecule has 26 heavy (non-hydrogen) atoms. The molecule has 4 saturated carbocycles. The Labute approximate surface area is 158 Å². The number of hydrogen-bond donors (Lipinski definition) is 1. The van der Waals surface area contributed by atoms with Gasteiger partial charge in [-0.1, -0.05) is 29.8 Å².